The van der Waals surface area contributed by atoms with E-state index < -0.39 is 13.2 Å². The number of aromatic nitrogens is 2. The van der Waals surface area contributed by atoms with E-state index in [0.29, 0.717) is 11.1 Å². The minimum absolute atomic E-state index is 0.167. The van der Waals surface area contributed by atoms with Crippen LogP contribution in [0.1, 0.15) is 34.9 Å². The number of hydrogen-bond donors (Lipinski definition) is 0. The topological polar surface area (TPSA) is 21.1 Å². The van der Waals surface area contributed by atoms with Crippen LogP contribution in [0.15, 0.2) is 36.5 Å². The highest BCUT2D eigenvalue weighted by molar-refractivity contribution is 5.86. The predicted octanol–water partition coefficient (Wildman–Crippen LogP) is 3.88. The van der Waals surface area contributed by atoms with Crippen molar-refractivity contribution in [3.8, 4) is 0 Å². The summed E-state index contributed by atoms with van der Waals surface area (Å²) in [6.45, 7) is 1.52. The van der Waals surface area contributed by atoms with Gasteiger partial charge in [-0.05, 0) is 56.5 Å². The van der Waals surface area contributed by atoms with Crippen LogP contribution in [0.4, 0.5) is 0 Å². The normalized spacial score (nSPS) is 19.2. The molecule has 0 unspecified atom stereocenters. The number of aryl methyl sites for hydroxylation is 4. The van der Waals surface area contributed by atoms with Crippen LogP contribution < -0.4 is 0 Å². The molecule has 0 N–H and O–H groups in total. The summed E-state index contributed by atoms with van der Waals surface area (Å²) < 4.78 is 42.7. The first-order valence-corrected chi connectivity index (χ1v) is 8.32. The van der Waals surface area contributed by atoms with Crippen LogP contribution in [0.25, 0.3) is 10.9 Å². The molecule has 0 amide bonds. The monoisotopic (exact) mass is 324 g/mol. The highest BCUT2D eigenvalue weighted by Crippen LogP contribution is 2.31. The molecule has 0 bridgehead atoms. The van der Waals surface area contributed by atoms with E-state index in [-0.39, 0.29) is 6.54 Å². The first-order chi connectivity index (χ1) is 13.6. The number of benzene rings is 1. The summed E-state index contributed by atoms with van der Waals surface area (Å²) in [6, 6.07) is 8.86. The van der Waals surface area contributed by atoms with Gasteiger partial charge in [0.25, 0.3) is 0 Å². The lowest BCUT2D eigenvalue weighted by atomic mass is 10.0. The van der Waals surface area contributed by atoms with Crippen molar-refractivity contribution in [2.45, 2.75) is 39.7 Å². The van der Waals surface area contributed by atoms with Gasteiger partial charge in [0.1, 0.15) is 0 Å². The smallest absolute Gasteiger partial charge is 0.0486 e. The van der Waals surface area contributed by atoms with Gasteiger partial charge in [0.2, 0.25) is 0 Å². The Morgan fingerprint density at radius 1 is 1.29 bits per heavy atom. The van der Waals surface area contributed by atoms with Crippen molar-refractivity contribution in [2.75, 3.05) is 13.6 Å². The van der Waals surface area contributed by atoms with Gasteiger partial charge < -0.3 is 9.47 Å². The van der Waals surface area contributed by atoms with Gasteiger partial charge in [-0.3, -0.25) is 4.98 Å². The van der Waals surface area contributed by atoms with Crippen molar-refractivity contribution in [2.24, 2.45) is 0 Å². The first-order valence-electron chi connectivity index (χ1n) is 10.8. The maximum Gasteiger partial charge on any atom is 0.0486 e. The molecule has 1 aromatic carbocycles. The largest absolute Gasteiger partial charge is 0.344 e. The minimum atomic E-state index is -2.16. The summed E-state index contributed by atoms with van der Waals surface area (Å²) in [4.78, 5) is 6.47. The fourth-order valence-corrected chi connectivity index (χ4v) is 3.51. The van der Waals surface area contributed by atoms with E-state index in [1.807, 2.05) is 23.6 Å². The molecule has 1 aliphatic rings. The zero-order valence-electron chi connectivity index (χ0n) is 19.1. The van der Waals surface area contributed by atoms with E-state index in [0.717, 1.165) is 47.4 Å². The maximum atomic E-state index is 8.69. The number of pyridine rings is 1. The van der Waals surface area contributed by atoms with Crippen molar-refractivity contribution in [1.29, 1.82) is 0 Å². The van der Waals surface area contributed by atoms with Crippen molar-refractivity contribution in [3.63, 3.8) is 0 Å². The quantitative estimate of drug-likeness (QED) is 0.729. The number of rotatable bonds is 3. The van der Waals surface area contributed by atoms with Crippen LogP contribution in [-0.2, 0) is 25.9 Å². The van der Waals surface area contributed by atoms with Gasteiger partial charge in [0, 0.05) is 61.4 Å². The summed E-state index contributed by atoms with van der Waals surface area (Å²) in [6.07, 6.45) is 0.826. The fourth-order valence-electron chi connectivity index (χ4n) is 3.51. The minimum Gasteiger partial charge on any atom is -0.344 e. The molecular weight excluding hydrogens is 294 g/mol. The van der Waals surface area contributed by atoms with Gasteiger partial charge in [-0.25, -0.2) is 0 Å². The third-order valence-corrected chi connectivity index (χ3v) is 4.80. The molecule has 0 radical (unpaired) electrons. The van der Waals surface area contributed by atoms with Crippen molar-refractivity contribution in [1.82, 2.24) is 14.5 Å². The summed E-state index contributed by atoms with van der Waals surface area (Å²) in [5, 5.41) is 0.915. The molecule has 124 valence electrons. The number of hydrogen-bond acceptors (Lipinski definition) is 2. The molecule has 0 atom stereocenters. The standard InChI is InChI=1S/C21H25N3/c1-15-4-7-20-18(12-15)19-14-23(3)10-9-21(19)24(20)11-8-17-6-5-16(2)22-13-17/h4-7,12-13H,8-11,14H2,1-3H3/i1D3,8D2. The second-order valence-corrected chi connectivity index (χ2v) is 6.60. The van der Waals surface area contributed by atoms with Crippen LogP contribution in [0, 0.1) is 13.8 Å². The number of nitrogens with zero attached hydrogens (tertiary/aromatic N) is 3. The highest BCUT2D eigenvalue weighted by atomic mass is 15.1. The zero-order chi connectivity index (χ0) is 21.0. The molecule has 24 heavy (non-hydrogen) atoms. The van der Waals surface area contributed by atoms with Gasteiger partial charge in [-0.15, -0.1) is 0 Å². The zero-order valence-corrected chi connectivity index (χ0v) is 14.1. The second kappa shape index (κ2) is 6.06. The lowest BCUT2D eigenvalue weighted by Crippen LogP contribution is -2.27. The van der Waals surface area contributed by atoms with E-state index >= 15 is 0 Å². The van der Waals surface area contributed by atoms with Gasteiger partial charge in [0.05, 0.1) is 0 Å². The Balaban J connectivity index is 1.84. The van der Waals surface area contributed by atoms with Crippen LogP contribution in [0.5, 0.6) is 0 Å². The Hall–Kier alpha value is -2.13. The SMILES string of the molecule is [2H]C([2H])([2H])c1ccc2c(c1)c1c(n2CC([2H])([2H])c2ccc(C)nc2)CCN(C)C1. The molecule has 0 saturated heterocycles. The second-order valence-electron chi connectivity index (χ2n) is 6.60. The summed E-state index contributed by atoms with van der Waals surface area (Å²) >= 11 is 0. The molecule has 3 aromatic rings. The molecule has 3 heteroatoms. The van der Waals surface area contributed by atoms with Crippen molar-refractivity contribution < 1.29 is 6.85 Å². The van der Waals surface area contributed by atoms with Gasteiger partial charge in [0.15, 0.2) is 0 Å². The summed E-state index contributed by atoms with van der Waals surface area (Å²) in [5.41, 5.74) is 4.83. The van der Waals surface area contributed by atoms with Crippen LogP contribution in [-0.4, -0.2) is 28.0 Å². The molecular formula is C21H25N3. The Kier molecular flexibility index (Phi) is 2.70. The molecule has 0 aliphatic carbocycles. The van der Waals surface area contributed by atoms with E-state index in [9.17, 15) is 0 Å². The molecule has 0 spiro atoms. The van der Waals surface area contributed by atoms with E-state index in [4.69, 9.17) is 6.85 Å². The third kappa shape index (κ3) is 2.73. The van der Waals surface area contributed by atoms with E-state index in [1.54, 1.807) is 24.4 Å². The lowest BCUT2D eigenvalue weighted by molar-refractivity contribution is 0.309. The molecule has 0 fully saturated rings. The number of fused-ring (bicyclic) bond motifs is 3. The fraction of sp³-hybridized carbons (Fsp3) is 0.381. The molecule has 4 rings (SSSR count). The first kappa shape index (κ1) is 10.7. The number of likely N-dealkylation sites (N-methyl/N-ethyl adjacent to an activating group) is 1. The lowest BCUT2D eigenvalue weighted by Gasteiger charge is -2.24. The molecule has 1 aliphatic heterocycles. The van der Waals surface area contributed by atoms with E-state index in [2.05, 4.69) is 16.9 Å². The van der Waals surface area contributed by atoms with Crippen LogP contribution >= 0.6 is 0 Å². The van der Waals surface area contributed by atoms with E-state index in [1.165, 1.54) is 0 Å². The third-order valence-electron chi connectivity index (χ3n) is 4.80. The molecule has 2 aromatic heterocycles. The molecule has 3 heterocycles. The van der Waals surface area contributed by atoms with Gasteiger partial charge in [-0.2, -0.15) is 0 Å². The van der Waals surface area contributed by atoms with Crippen molar-refractivity contribution >= 4 is 10.9 Å². The Morgan fingerprint density at radius 2 is 2.21 bits per heavy atom. The molecule has 0 saturated carbocycles. The Bertz CT molecular complexity index is 1050. The summed E-state index contributed by atoms with van der Waals surface area (Å²) in [5.74, 6) is 0. The molecule has 3 nitrogen and oxygen atoms in total. The Labute approximate surface area is 151 Å². The average molecular weight is 324 g/mol. The predicted molar refractivity (Wildman–Crippen MR) is 99.4 cm³/mol. The average Bonchev–Trinajstić information content (AvgIpc) is 2.93. The Morgan fingerprint density at radius 3 is 3.00 bits per heavy atom. The van der Waals surface area contributed by atoms with Crippen LogP contribution in [0.2, 0.25) is 0 Å². The van der Waals surface area contributed by atoms with Gasteiger partial charge in [-0.1, -0.05) is 17.7 Å². The van der Waals surface area contributed by atoms with Crippen LogP contribution in [0.3, 0.4) is 0 Å². The maximum absolute atomic E-state index is 8.69. The highest BCUT2D eigenvalue weighted by Gasteiger charge is 2.22. The van der Waals surface area contributed by atoms with Crippen molar-refractivity contribution in [3.05, 3.63) is 64.6 Å². The van der Waals surface area contributed by atoms with Gasteiger partial charge >= 0.3 is 0 Å². The summed E-state index contributed by atoms with van der Waals surface area (Å²) in [7, 11) is 2.05.